The van der Waals surface area contributed by atoms with Crippen LogP contribution >= 0.6 is 27.3 Å². The van der Waals surface area contributed by atoms with Gasteiger partial charge in [-0.3, -0.25) is 9.59 Å². The number of likely N-dealkylation sites (N-methyl/N-ethyl adjacent to an activating group) is 1. The van der Waals surface area contributed by atoms with Gasteiger partial charge in [-0.15, -0.1) is 11.3 Å². The number of carbonyl (C=O) groups excluding carboxylic acids is 2. The summed E-state index contributed by atoms with van der Waals surface area (Å²) < 4.78 is 12.0. The van der Waals surface area contributed by atoms with Gasteiger partial charge in [-0.25, -0.2) is 0 Å². The summed E-state index contributed by atoms with van der Waals surface area (Å²) in [5.74, 6) is 1.04. The van der Waals surface area contributed by atoms with E-state index in [0.29, 0.717) is 23.8 Å². The van der Waals surface area contributed by atoms with Gasteiger partial charge in [0, 0.05) is 7.05 Å². The summed E-state index contributed by atoms with van der Waals surface area (Å²) >= 11 is 4.69. The van der Waals surface area contributed by atoms with Gasteiger partial charge in [-0.05, 0) is 52.2 Å². The number of fused-ring (bicyclic) bond motifs is 1. The molecule has 0 spiro atoms. The molecule has 1 aliphatic heterocycles. The zero-order chi connectivity index (χ0) is 19.4. The third-order valence-electron chi connectivity index (χ3n) is 4.22. The number of halogens is 1. The Kier molecular flexibility index (Phi) is 6.38. The smallest absolute Gasteiger partial charge is 0.264 e. The van der Waals surface area contributed by atoms with Gasteiger partial charge in [0.05, 0.1) is 21.3 Å². The molecule has 1 aromatic carbocycles. The first-order valence-corrected chi connectivity index (χ1v) is 10.3. The summed E-state index contributed by atoms with van der Waals surface area (Å²) in [6.07, 6.45) is 0.723. The maximum Gasteiger partial charge on any atom is 0.264 e. The van der Waals surface area contributed by atoms with Crippen molar-refractivity contribution in [2.45, 2.75) is 19.4 Å². The Morgan fingerprint density at radius 3 is 2.63 bits per heavy atom. The van der Waals surface area contributed by atoms with Gasteiger partial charge in [-0.2, -0.15) is 0 Å². The molecule has 3 rings (SSSR count). The number of ether oxygens (including phenoxy) is 2. The highest BCUT2D eigenvalue weighted by molar-refractivity contribution is 9.11. The first-order valence-electron chi connectivity index (χ1n) is 8.67. The van der Waals surface area contributed by atoms with Crippen LogP contribution in [-0.2, 0) is 4.79 Å². The molecule has 1 unspecified atom stereocenters. The molecule has 27 heavy (non-hydrogen) atoms. The van der Waals surface area contributed by atoms with Crippen LogP contribution in [0.5, 0.6) is 11.5 Å². The normalized spacial score (nSPS) is 13.7. The third-order valence-corrected chi connectivity index (χ3v) is 5.84. The Morgan fingerprint density at radius 2 is 1.96 bits per heavy atom. The Hall–Kier alpha value is -2.06. The molecule has 0 radical (unpaired) electrons. The minimum absolute atomic E-state index is 0.00456. The summed E-state index contributed by atoms with van der Waals surface area (Å²) in [7, 11) is 1.63. The lowest BCUT2D eigenvalue weighted by Gasteiger charge is -2.23. The Labute approximate surface area is 170 Å². The van der Waals surface area contributed by atoms with Gasteiger partial charge in [0.2, 0.25) is 5.91 Å². The average molecular weight is 453 g/mol. The van der Waals surface area contributed by atoms with Crippen molar-refractivity contribution in [3.63, 3.8) is 0 Å². The van der Waals surface area contributed by atoms with Gasteiger partial charge in [0.15, 0.2) is 11.5 Å². The highest BCUT2D eigenvalue weighted by atomic mass is 79.9. The van der Waals surface area contributed by atoms with Gasteiger partial charge in [-0.1, -0.05) is 13.0 Å². The Morgan fingerprint density at radius 1 is 1.22 bits per heavy atom. The lowest BCUT2D eigenvalue weighted by atomic mass is 10.0. The fraction of sp³-hybridized carbons (Fsp3) is 0.368. The number of amides is 2. The van der Waals surface area contributed by atoms with Crippen molar-refractivity contribution >= 4 is 39.1 Å². The molecule has 0 saturated heterocycles. The van der Waals surface area contributed by atoms with E-state index in [4.69, 9.17) is 9.47 Å². The first kappa shape index (κ1) is 19.7. The summed E-state index contributed by atoms with van der Waals surface area (Å²) in [6.45, 7) is 3.06. The van der Waals surface area contributed by atoms with Crippen molar-refractivity contribution in [3.8, 4) is 11.5 Å². The van der Waals surface area contributed by atoms with E-state index < -0.39 is 0 Å². The molecule has 0 bridgehead atoms. The number of hydrogen-bond acceptors (Lipinski definition) is 5. The van der Waals surface area contributed by atoms with Crippen molar-refractivity contribution in [2.75, 3.05) is 26.8 Å². The van der Waals surface area contributed by atoms with Crippen LogP contribution in [0.3, 0.4) is 0 Å². The SMILES string of the molecule is CCC(NC(=O)CN(C)C(=O)c1ccc(Br)s1)c1ccc2c(c1)OCCO2. The molecule has 2 aromatic rings. The molecule has 1 atom stereocenters. The summed E-state index contributed by atoms with van der Waals surface area (Å²) in [4.78, 5) is 26.9. The molecular formula is C19H21BrN2O4S. The van der Waals surface area contributed by atoms with Gasteiger partial charge < -0.3 is 19.7 Å². The maximum absolute atomic E-state index is 12.5. The Balaban J connectivity index is 1.62. The number of nitrogens with zero attached hydrogens (tertiary/aromatic N) is 1. The van der Waals surface area contributed by atoms with Crippen LogP contribution in [0, 0.1) is 0 Å². The second-order valence-corrected chi connectivity index (χ2v) is 8.66. The molecule has 1 aliphatic rings. The minimum atomic E-state index is -0.205. The number of thiophene rings is 1. The van der Waals surface area contributed by atoms with Crippen LogP contribution in [0.15, 0.2) is 34.1 Å². The molecule has 1 aromatic heterocycles. The molecule has 6 nitrogen and oxygen atoms in total. The zero-order valence-electron chi connectivity index (χ0n) is 15.2. The molecule has 0 saturated carbocycles. The molecule has 144 valence electrons. The molecular weight excluding hydrogens is 432 g/mol. The number of hydrogen-bond donors (Lipinski definition) is 1. The Bertz CT molecular complexity index is 839. The van der Waals surface area contributed by atoms with E-state index >= 15 is 0 Å². The van der Waals surface area contributed by atoms with E-state index in [1.54, 1.807) is 13.1 Å². The van der Waals surface area contributed by atoms with Crippen LogP contribution in [0.1, 0.15) is 34.6 Å². The predicted octanol–water partition coefficient (Wildman–Crippen LogP) is 3.62. The summed E-state index contributed by atoms with van der Waals surface area (Å²) in [6, 6.07) is 9.10. The highest BCUT2D eigenvalue weighted by Crippen LogP contribution is 2.33. The molecule has 2 heterocycles. The quantitative estimate of drug-likeness (QED) is 0.726. The summed E-state index contributed by atoms with van der Waals surface area (Å²) in [5, 5.41) is 3.00. The number of nitrogens with one attached hydrogen (secondary N) is 1. The standard InChI is InChI=1S/C19H21BrN2O4S/c1-3-13(12-4-5-14-15(10-12)26-9-8-25-14)21-18(23)11-22(2)19(24)16-6-7-17(20)27-16/h4-7,10,13H,3,8-9,11H2,1-2H3,(H,21,23). The lowest BCUT2D eigenvalue weighted by molar-refractivity contribution is -0.122. The number of rotatable bonds is 6. The van der Waals surface area contributed by atoms with E-state index in [9.17, 15) is 9.59 Å². The van der Waals surface area contributed by atoms with Gasteiger partial charge in [0.1, 0.15) is 13.2 Å². The first-order chi connectivity index (χ1) is 13.0. The molecule has 0 fully saturated rings. The van der Waals surface area contributed by atoms with Crippen molar-refractivity contribution in [3.05, 3.63) is 44.6 Å². The second-order valence-electron chi connectivity index (χ2n) is 6.20. The second kappa shape index (κ2) is 8.75. The molecule has 8 heteroatoms. The third kappa shape index (κ3) is 4.81. The van der Waals surface area contributed by atoms with E-state index in [2.05, 4.69) is 21.2 Å². The van der Waals surface area contributed by atoms with Crippen LogP contribution < -0.4 is 14.8 Å². The highest BCUT2D eigenvalue weighted by Gasteiger charge is 2.20. The maximum atomic E-state index is 12.5. The fourth-order valence-corrected chi connectivity index (χ4v) is 4.22. The van der Waals surface area contributed by atoms with Crippen LogP contribution in [0.25, 0.3) is 0 Å². The minimum Gasteiger partial charge on any atom is -0.486 e. The van der Waals surface area contributed by atoms with Crippen molar-refractivity contribution in [1.29, 1.82) is 0 Å². The van der Waals surface area contributed by atoms with Gasteiger partial charge >= 0.3 is 0 Å². The summed E-state index contributed by atoms with van der Waals surface area (Å²) in [5.41, 5.74) is 0.950. The van der Waals surface area contributed by atoms with E-state index in [-0.39, 0.29) is 24.4 Å². The van der Waals surface area contributed by atoms with E-state index in [1.807, 2.05) is 31.2 Å². The monoisotopic (exact) mass is 452 g/mol. The fourth-order valence-electron chi connectivity index (χ4n) is 2.84. The number of carbonyl (C=O) groups is 2. The molecule has 1 N–H and O–H groups in total. The molecule has 0 aliphatic carbocycles. The number of benzene rings is 1. The van der Waals surface area contributed by atoms with Crippen LogP contribution in [0.4, 0.5) is 0 Å². The van der Waals surface area contributed by atoms with Crippen molar-refractivity contribution in [1.82, 2.24) is 10.2 Å². The van der Waals surface area contributed by atoms with E-state index in [0.717, 1.165) is 21.5 Å². The molecule has 2 amide bonds. The van der Waals surface area contributed by atoms with Crippen molar-refractivity contribution in [2.24, 2.45) is 0 Å². The van der Waals surface area contributed by atoms with Crippen molar-refractivity contribution < 1.29 is 19.1 Å². The zero-order valence-corrected chi connectivity index (χ0v) is 17.6. The topological polar surface area (TPSA) is 67.9 Å². The van der Waals surface area contributed by atoms with Crippen LogP contribution in [0.2, 0.25) is 0 Å². The van der Waals surface area contributed by atoms with Gasteiger partial charge in [0.25, 0.3) is 5.91 Å². The largest absolute Gasteiger partial charge is 0.486 e. The van der Waals surface area contributed by atoms with Crippen LogP contribution in [-0.4, -0.2) is 43.5 Å². The average Bonchev–Trinajstić information content (AvgIpc) is 3.11. The van der Waals surface area contributed by atoms with E-state index in [1.165, 1.54) is 16.2 Å². The lowest BCUT2D eigenvalue weighted by Crippen LogP contribution is -2.39. The predicted molar refractivity (Wildman–Crippen MR) is 108 cm³/mol.